The van der Waals surface area contributed by atoms with E-state index in [0.29, 0.717) is 17.8 Å². The Morgan fingerprint density at radius 3 is 1.52 bits per heavy atom. The van der Waals surface area contributed by atoms with Crippen molar-refractivity contribution in [2.75, 3.05) is 6.61 Å². The lowest BCUT2D eigenvalue weighted by atomic mass is 9.84. The van der Waals surface area contributed by atoms with Gasteiger partial charge < -0.3 is 33.4 Å². The molecule has 2 N–H and O–H groups in total. The molecule has 16 nitrogen and oxygen atoms in total. The van der Waals surface area contributed by atoms with Crippen LogP contribution in [-0.4, -0.2) is 111 Å². The smallest absolute Gasteiger partial charge is 0.329 e. The Morgan fingerprint density at radius 1 is 0.571 bits per heavy atom. The van der Waals surface area contributed by atoms with Gasteiger partial charge in [-0.3, -0.25) is 24.1 Å². The molecule has 0 saturated heterocycles. The number of imide groups is 1. The van der Waals surface area contributed by atoms with Gasteiger partial charge in [-0.1, -0.05) is 245 Å². The maximum atomic E-state index is 16.6. The molecule has 5 aromatic carbocycles. The highest BCUT2D eigenvalue weighted by Crippen LogP contribution is 2.51. The summed E-state index contributed by atoms with van der Waals surface area (Å²) in [6.45, 7) is 45.0. The minimum absolute atomic E-state index is 0.00951. The molecule has 6 aromatic rings. The molecule has 3 heterocycles. The molecule has 4 amide bonds. The average molecular weight is 1390 g/mol. The predicted octanol–water partition coefficient (Wildman–Crippen LogP) is 16.8. The summed E-state index contributed by atoms with van der Waals surface area (Å²) in [5.74, 6) is -4.20. The van der Waals surface area contributed by atoms with Crippen molar-refractivity contribution in [3.63, 3.8) is 0 Å². The van der Waals surface area contributed by atoms with Crippen molar-refractivity contribution in [3.8, 4) is 0 Å². The van der Waals surface area contributed by atoms with E-state index in [1.807, 2.05) is 111 Å². The van der Waals surface area contributed by atoms with E-state index in [1.54, 1.807) is 59.4 Å². The number of nitrogens with zero attached hydrogens (tertiary/aromatic N) is 4. The Bertz CT molecular complexity index is 3590. The molecule has 0 saturated carbocycles. The van der Waals surface area contributed by atoms with E-state index >= 15 is 14.4 Å². The molecule has 19 heteroatoms. The van der Waals surface area contributed by atoms with Gasteiger partial charge in [-0.15, -0.1) is 5.10 Å². The minimum Gasteiger partial charge on any atom is -0.489 e. The number of carbonyl (C=O) groups excluding carboxylic acids is 5. The molecule has 0 aliphatic carbocycles. The molecule has 528 valence electrons. The summed E-state index contributed by atoms with van der Waals surface area (Å²) < 4.78 is 39.5. The number of amides is 4. The Balaban J connectivity index is 1.38. The lowest BCUT2D eigenvalue weighted by Gasteiger charge is -2.52. The second-order valence-corrected chi connectivity index (χ2v) is 46.7. The maximum Gasteiger partial charge on any atom is 0.329 e. The number of aromatic nitrogens is 3. The number of fused-ring (bicyclic) bond motifs is 1. The summed E-state index contributed by atoms with van der Waals surface area (Å²) in [7, 11) is -8.44. The zero-order valence-electron chi connectivity index (χ0n) is 61.8. The fourth-order valence-electron chi connectivity index (χ4n) is 16.5. The van der Waals surface area contributed by atoms with Gasteiger partial charge in [-0.05, 0) is 116 Å². The number of ether oxygens (including phenoxy) is 2. The summed E-state index contributed by atoms with van der Waals surface area (Å²) in [6.07, 6.45) is 1.55. The molecule has 0 unspecified atom stereocenters. The highest BCUT2D eigenvalue weighted by molar-refractivity contribution is 6.78. The topological polar surface area (TPSA) is 190 Å². The zero-order chi connectivity index (χ0) is 71.8. The second kappa shape index (κ2) is 32.5. The molecular formula is C79H110N6O10Si3. The third-order valence-electron chi connectivity index (χ3n) is 21.0. The Kier molecular flexibility index (Phi) is 25.4. The van der Waals surface area contributed by atoms with Crippen LogP contribution in [0, 0.1) is 0 Å². The van der Waals surface area contributed by atoms with Gasteiger partial charge in [0.05, 0.1) is 48.0 Å². The standard InChI is InChI=1S/C79H110N6O10Si3/c1-50(2)96(51(3)4,52(5)6)92-49-69-73(95-98(56(13)14,57(15)16)58(17)18)68(94-97(53(7)8,54(9)10)55(11)12)45-67(93-69)71(62-40-42-63(43-41-62)74(86)80-66(44-59-32-24-21-25-33-59)78(90)91-48-61-36-28-23-29-37-61)72(85-76(88)64-38-30-31-39-65(64)77(85)89)75(87)81-79(19,20)70-47-84(83-82-70)46-60-34-26-22-27-35-60/h21-43,45,47,50-58,66,68-69,71-73H,44,46,48-49H2,1-20H3,(H,80,86)(H,81,87)/t66-,68+,69+,71+,72-,73-/m0/s1. The van der Waals surface area contributed by atoms with E-state index in [0.717, 1.165) is 21.6 Å². The SMILES string of the molecule is CC(C)[Si](OC[C@H]1OC([C@@H](c2ccc(C(=O)N[C@@H](Cc3ccccc3)C(=O)OCc3ccccc3)cc2)[C@@H](C(=O)NC(C)(C)c2cn(Cc3ccccc3)nn2)N2C(=O)c3ccccc3C2=O)=C[C@@H](O[Si](C(C)C)(C(C)C)C(C)C)[C@@H]1O[Si](C(C)C)(C(C)C)C(C)C)(C(C)C)C(C)C. The number of hydrogen-bond donors (Lipinski definition) is 2. The number of rotatable bonds is 32. The zero-order valence-corrected chi connectivity index (χ0v) is 64.8. The largest absolute Gasteiger partial charge is 0.489 e. The first kappa shape index (κ1) is 76.6. The molecular weight excluding hydrogens is 1280 g/mol. The Morgan fingerprint density at radius 2 is 1.03 bits per heavy atom. The van der Waals surface area contributed by atoms with Gasteiger partial charge in [0.2, 0.25) is 30.9 Å². The Labute approximate surface area is 587 Å². The molecule has 0 bridgehead atoms. The maximum absolute atomic E-state index is 16.6. The number of hydrogen-bond acceptors (Lipinski definition) is 12. The van der Waals surface area contributed by atoms with Crippen LogP contribution < -0.4 is 10.6 Å². The highest BCUT2D eigenvalue weighted by Gasteiger charge is 2.57. The van der Waals surface area contributed by atoms with Gasteiger partial charge in [0, 0.05) is 12.0 Å². The fraction of sp³-hybridized carbons (Fsp3) is 0.506. The van der Waals surface area contributed by atoms with Crippen LogP contribution in [0.25, 0.3) is 0 Å². The monoisotopic (exact) mass is 1390 g/mol. The third-order valence-corrected chi connectivity index (χ3v) is 39.3. The molecule has 6 atom stereocenters. The van der Waals surface area contributed by atoms with E-state index in [-0.39, 0.29) is 92.0 Å². The number of carbonyl (C=O) groups is 5. The van der Waals surface area contributed by atoms with Crippen LogP contribution in [0.15, 0.2) is 158 Å². The number of benzene rings is 5. The summed E-state index contributed by atoms with van der Waals surface area (Å²) in [5, 5.41) is 15.4. The highest BCUT2D eigenvalue weighted by atomic mass is 28.4. The average Bonchev–Trinajstić information content (AvgIpc) is 1.14. The molecule has 8 rings (SSSR count). The van der Waals surface area contributed by atoms with Crippen LogP contribution in [0.1, 0.15) is 203 Å². The van der Waals surface area contributed by atoms with E-state index in [9.17, 15) is 9.59 Å². The van der Waals surface area contributed by atoms with Gasteiger partial charge in [-0.2, -0.15) is 0 Å². The van der Waals surface area contributed by atoms with E-state index in [4.69, 9.17) is 22.8 Å². The van der Waals surface area contributed by atoms with Crippen molar-refractivity contribution < 1.29 is 46.7 Å². The van der Waals surface area contributed by atoms with Crippen molar-refractivity contribution >= 4 is 54.6 Å². The van der Waals surface area contributed by atoms with Gasteiger partial charge >= 0.3 is 5.97 Å². The van der Waals surface area contributed by atoms with Crippen LogP contribution in [0.3, 0.4) is 0 Å². The molecule has 1 aromatic heterocycles. The molecule has 2 aliphatic heterocycles. The summed E-state index contributed by atoms with van der Waals surface area (Å²) in [5.41, 5.74) is 4.17. The predicted molar refractivity (Wildman–Crippen MR) is 396 cm³/mol. The van der Waals surface area contributed by atoms with Crippen molar-refractivity contribution in [2.45, 2.75) is 250 Å². The quantitative estimate of drug-likeness (QED) is 0.0231. The first-order chi connectivity index (χ1) is 46.3. The summed E-state index contributed by atoms with van der Waals surface area (Å²) >= 11 is 0. The van der Waals surface area contributed by atoms with Crippen molar-refractivity contribution in [1.29, 1.82) is 0 Å². The Hall–Kier alpha value is -7.14. The van der Waals surface area contributed by atoms with Gasteiger partial charge in [0.25, 0.3) is 17.7 Å². The third kappa shape index (κ3) is 16.3. The molecule has 98 heavy (non-hydrogen) atoms. The first-order valence-corrected chi connectivity index (χ1v) is 42.0. The lowest BCUT2D eigenvalue weighted by Crippen LogP contribution is -2.62. The molecule has 0 radical (unpaired) electrons. The second-order valence-electron chi connectivity index (χ2n) is 30.4. The summed E-state index contributed by atoms with van der Waals surface area (Å²) in [6, 6.07) is 39.3. The van der Waals surface area contributed by atoms with Gasteiger partial charge in [0.15, 0.2) is 0 Å². The van der Waals surface area contributed by atoms with Crippen LogP contribution in [0.2, 0.25) is 49.9 Å². The number of nitrogens with one attached hydrogen (secondary N) is 2. The van der Waals surface area contributed by atoms with Crippen molar-refractivity contribution in [2.24, 2.45) is 0 Å². The molecule has 0 fully saturated rings. The summed E-state index contributed by atoms with van der Waals surface area (Å²) in [4.78, 5) is 77.9. The van der Waals surface area contributed by atoms with E-state index < -0.39 is 96.4 Å². The number of esters is 1. The van der Waals surface area contributed by atoms with Crippen LogP contribution in [0.4, 0.5) is 0 Å². The first-order valence-electron chi connectivity index (χ1n) is 35.6. The molecule has 2 aliphatic rings. The fourth-order valence-corrected chi connectivity index (χ4v) is 33.0. The van der Waals surface area contributed by atoms with Crippen LogP contribution in [0.5, 0.6) is 0 Å². The normalized spacial score (nSPS) is 17.3. The van der Waals surface area contributed by atoms with Crippen LogP contribution >= 0.6 is 0 Å². The van der Waals surface area contributed by atoms with Gasteiger partial charge in [0.1, 0.15) is 42.4 Å². The van der Waals surface area contributed by atoms with E-state index in [1.165, 1.54) is 0 Å². The molecule has 0 spiro atoms. The van der Waals surface area contributed by atoms with E-state index in [2.05, 4.69) is 146 Å². The van der Waals surface area contributed by atoms with Gasteiger partial charge in [-0.25, -0.2) is 9.48 Å². The lowest BCUT2D eigenvalue weighted by molar-refractivity contribution is -0.147. The van der Waals surface area contributed by atoms with Crippen LogP contribution in [-0.2, 0) is 57.5 Å². The van der Waals surface area contributed by atoms with Crippen molar-refractivity contribution in [1.82, 2.24) is 30.5 Å². The van der Waals surface area contributed by atoms with Crippen molar-refractivity contribution in [3.05, 3.63) is 202 Å². The minimum atomic E-state index is -2.91.